The van der Waals surface area contributed by atoms with Crippen LogP contribution in [0.1, 0.15) is 36.3 Å². The molecule has 1 rings (SSSR count). The van der Waals surface area contributed by atoms with Crippen molar-refractivity contribution < 1.29 is 4.79 Å². The summed E-state index contributed by atoms with van der Waals surface area (Å²) in [4.78, 5) is 16.2. The fourth-order valence-electron chi connectivity index (χ4n) is 1.60. The number of aromatic nitrogens is 1. The van der Waals surface area contributed by atoms with E-state index in [1.165, 1.54) is 0 Å². The number of nitrogens with two attached hydrogens (primary N) is 1. The third-order valence-electron chi connectivity index (χ3n) is 2.66. The highest BCUT2D eigenvalue weighted by Gasteiger charge is 2.11. The zero-order chi connectivity index (χ0) is 13.5. The smallest absolute Gasteiger partial charge is 0.251 e. The van der Waals surface area contributed by atoms with E-state index in [1.54, 1.807) is 23.9 Å². The number of nitrogen functional groups attached to an aromatic ring is 1. The topological polar surface area (TPSA) is 68.0 Å². The van der Waals surface area contributed by atoms with Gasteiger partial charge in [0.05, 0.1) is 0 Å². The summed E-state index contributed by atoms with van der Waals surface area (Å²) in [5.41, 5.74) is 7.13. The highest BCUT2D eigenvalue weighted by Crippen LogP contribution is 2.09. The molecule has 18 heavy (non-hydrogen) atoms. The Balaban J connectivity index is 2.68. The van der Waals surface area contributed by atoms with Gasteiger partial charge in [-0.15, -0.1) is 0 Å². The van der Waals surface area contributed by atoms with E-state index in [1.807, 2.05) is 13.8 Å². The predicted octanol–water partition coefficient (Wildman–Crippen LogP) is 2.10. The predicted molar refractivity (Wildman–Crippen MR) is 78.0 cm³/mol. The first-order chi connectivity index (χ1) is 8.56. The molecule has 1 heterocycles. The summed E-state index contributed by atoms with van der Waals surface area (Å²) >= 11 is 1.78. The quantitative estimate of drug-likeness (QED) is 0.828. The number of carbonyl (C=O) groups is 1. The molecule has 4 nitrogen and oxygen atoms in total. The standard InChI is InChI=1S/C13H21N3OS/c1-4-11-7-10(8-12(14)16-11)13(17)15-9(2)5-6-18-3/h7-9H,4-6H2,1-3H3,(H2,14,16)(H,15,17). The van der Waals surface area contributed by atoms with E-state index in [0.29, 0.717) is 11.4 Å². The Morgan fingerprint density at radius 3 is 2.89 bits per heavy atom. The molecule has 0 bridgehead atoms. The van der Waals surface area contributed by atoms with Gasteiger partial charge in [-0.3, -0.25) is 4.79 Å². The van der Waals surface area contributed by atoms with Crippen LogP contribution in [0.3, 0.4) is 0 Å². The van der Waals surface area contributed by atoms with Gasteiger partial charge < -0.3 is 11.1 Å². The third-order valence-corrected chi connectivity index (χ3v) is 3.30. The van der Waals surface area contributed by atoms with Crippen molar-refractivity contribution in [3.05, 3.63) is 23.4 Å². The van der Waals surface area contributed by atoms with E-state index in [0.717, 1.165) is 24.3 Å². The van der Waals surface area contributed by atoms with Crippen LogP contribution in [0.4, 0.5) is 5.82 Å². The number of amides is 1. The zero-order valence-corrected chi connectivity index (χ0v) is 12.0. The summed E-state index contributed by atoms with van der Waals surface area (Å²) in [7, 11) is 0. The number of rotatable bonds is 6. The lowest BCUT2D eigenvalue weighted by atomic mass is 10.1. The molecule has 0 fully saturated rings. The van der Waals surface area contributed by atoms with E-state index >= 15 is 0 Å². The van der Waals surface area contributed by atoms with Gasteiger partial charge in [-0.2, -0.15) is 11.8 Å². The van der Waals surface area contributed by atoms with Gasteiger partial charge in [0, 0.05) is 17.3 Å². The van der Waals surface area contributed by atoms with Crippen LogP contribution in [0.25, 0.3) is 0 Å². The monoisotopic (exact) mass is 267 g/mol. The Hall–Kier alpha value is -1.23. The summed E-state index contributed by atoms with van der Waals surface area (Å²) in [6.07, 6.45) is 3.80. The molecule has 1 unspecified atom stereocenters. The first kappa shape index (κ1) is 14.8. The first-order valence-corrected chi connectivity index (χ1v) is 7.52. The van der Waals surface area contributed by atoms with E-state index < -0.39 is 0 Å². The highest BCUT2D eigenvalue weighted by molar-refractivity contribution is 7.98. The molecule has 1 atom stereocenters. The second-order valence-corrected chi connectivity index (χ2v) is 5.27. The van der Waals surface area contributed by atoms with Crippen molar-refractivity contribution in [2.75, 3.05) is 17.7 Å². The van der Waals surface area contributed by atoms with Crippen LogP contribution in [0.5, 0.6) is 0 Å². The third kappa shape index (κ3) is 4.56. The molecule has 0 aliphatic heterocycles. The van der Waals surface area contributed by atoms with Crippen molar-refractivity contribution in [3.63, 3.8) is 0 Å². The molecule has 0 aliphatic rings. The molecule has 1 aromatic heterocycles. The fraction of sp³-hybridized carbons (Fsp3) is 0.538. The van der Waals surface area contributed by atoms with Crippen LogP contribution in [0.2, 0.25) is 0 Å². The maximum Gasteiger partial charge on any atom is 0.251 e. The van der Waals surface area contributed by atoms with Crippen LogP contribution in [0, 0.1) is 0 Å². The molecule has 100 valence electrons. The number of thioether (sulfide) groups is 1. The fourth-order valence-corrected chi connectivity index (χ4v) is 2.19. The lowest BCUT2D eigenvalue weighted by Gasteiger charge is -2.13. The number of nitrogens with zero attached hydrogens (tertiary/aromatic N) is 1. The Bertz CT molecular complexity index is 409. The number of pyridine rings is 1. The van der Waals surface area contributed by atoms with Crippen molar-refractivity contribution in [1.82, 2.24) is 10.3 Å². The maximum absolute atomic E-state index is 12.0. The van der Waals surface area contributed by atoms with Gasteiger partial charge in [-0.25, -0.2) is 4.98 Å². The Labute approximate surface area is 113 Å². The average molecular weight is 267 g/mol. The molecule has 1 amide bonds. The second-order valence-electron chi connectivity index (χ2n) is 4.28. The van der Waals surface area contributed by atoms with Crippen molar-refractivity contribution in [2.45, 2.75) is 32.7 Å². The van der Waals surface area contributed by atoms with Crippen molar-refractivity contribution in [2.24, 2.45) is 0 Å². The molecule has 0 radical (unpaired) electrons. The SMILES string of the molecule is CCc1cc(C(=O)NC(C)CCSC)cc(N)n1. The van der Waals surface area contributed by atoms with Gasteiger partial charge in [0.2, 0.25) is 0 Å². The number of hydrogen-bond acceptors (Lipinski definition) is 4. The molecular formula is C13H21N3OS. The number of hydrogen-bond donors (Lipinski definition) is 2. The van der Waals surface area contributed by atoms with Crippen molar-refractivity contribution in [1.29, 1.82) is 0 Å². The lowest BCUT2D eigenvalue weighted by molar-refractivity contribution is 0.0939. The first-order valence-electron chi connectivity index (χ1n) is 6.13. The van der Waals surface area contributed by atoms with E-state index in [-0.39, 0.29) is 11.9 Å². The van der Waals surface area contributed by atoms with E-state index in [9.17, 15) is 4.79 Å². The summed E-state index contributed by atoms with van der Waals surface area (Å²) in [6.45, 7) is 4.00. The number of carbonyl (C=O) groups excluding carboxylic acids is 1. The summed E-state index contributed by atoms with van der Waals surface area (Å²) in [5, 5.41) is 2.97. The minimum atomic E-state index is -0.0765. The molecular weight excluding hydrogens is 246 g/mol. The molecule has 0 saturated heterocycles. The van der Waals surface area contributed by atoms with Crippen LogP contribution in [-0.2, 0) is 6.42 Å². The molecule has 3 N–H and O–H groups in total. The number of anilines is 1. The molecule has 0 saturated carbocycles. The molecule has 0 spiro atoms. The zero-order valence-electron chi connectivity index (χ0n) is 11.2. The van der Waals surface area contributed by atoms with Gasteiger partial charge >= 0.3 is 0 Å². The Morgan fingerprint density at radius 2 is 2.28 bits per heavy atom. The van der Waals surface area contributed by atoms with Crippen LogP contribution >= 0.6 is 11.8 Å². The van der Waals surface area contributed by atoms with Gasteiger partial charge in [-0.05, 0) is 43.9 Å². The number of aryl methyl sites for hydroxylation is 1. The van der Waals surface area contributed by atoms with E-state index in [4.69, 9.17) is 5.73 Å². The molecule has 5 heteroatoms. The minimum absolute atomic E-state index is 0.0765. The molecule has 0 aromatic carbocycles. The van der Waals surface area contributed by atoms with Crippen LogP contribution < -0.4 is 11.1 Å². The van der Waals surface area contributed by atoms with Gasteiger partial charge in [0.25, 0.3) is 5.91 Å². The highest BCUT2D eigenvalue weighted by atomic mass is 32.2. The Kier molecular flexibility index (Phi) is 5.98. The van der Waals surface area contributed by atoms with Gasteiger partial charge in [-0.1, -0.05) is 6.92 Å². The summed E-state index contributed by atoms with van der Waals surface area (Å²) < 4.78 is 0. The molecule has 1 aromatic rings. The van der Waals surface area contributed by atoms with Crippen LogP contribution in [0.15, 0.2) is 12.1 Å². The Morgan fingerprint density at radius 1 is 1.56 bits per heavy atom. The summed E-state index contributed by atoms with van der Waals surface area (Å²) in [6, 6.07) is 3.59. The normalized spacial score (nSPS) is 12.2. The summed E-state index contributed by atoms with van der Waals surface area (Å²) in [5.74, 6) is 1.36. The lowest BCUT2D eigenvalue weighted by Crippen LogP contribution is -2.33. The second kappa shape index (κ2) is 7.26. The van der Waals surface area contributed by atoms with Crippen LogP contribution in [-0.4, -0.2) is 28.9 Å². The van der Waals surface area contributed by atoms with E-state index in [2.05, 4.69) is 16.6 Å². The van der Waals surface area contributed by atoms with Crippen molar-refractivity contribution in [3.8, 4) is 0 Å². The van der Waals surface area contributed by atoms with Crippen molar-refractivity contribution >= 4 is 23.5 Å². The molecule has 0 aliphatic carbocycles. The average Bonchev–Trinajstić information content (AvgIpc) is 2.35. The van der Waals surface area contributed by atoms with Gasteiger partial charge in [0.15, 0.2) is 0 Å². The van der Waals surface area contributed by atoms with Gasteiger partial charge in [0.1, 0.15) is 5.82 Å². The minimum Gasteiger partial charge on any atom is -0.384 e. The largest absolute Gasteiger partial charge is 0.384 e. The maximum atomic E-state index is 12.0. The number of nitrogens with one attached hydrogen (secondary N) is 1.